The van der Waals surface area contributed by atoms with Crippen LogP contribution in [0.25, 0.3) is 10.7 Å². The highest BCUT2D eigenvalue weighted by Gasteiger charge is 2.19. The third-order valence-electron chi connectivity index (χ3n) is 3.51. The first-order valence-corrected chi connectivity index (χ1v) is 7.22. The van der Waals surface area contributed by atoms with Crippen molar-refractivity contribution in [3.63, 3.8) is 0 Å². The summed E-state index contributed by atoms with van der Waals surface area (Å²) in [7, 11) is 0. The predicted octanol–water partition coefficient (Wildman–Crippen LogP) is 3.46. The smallest absolute Gasteiger partial charge is 0.251 e. The molecule has 1 saturated carbocycles. The Morgan fingerprint density at radius 2 is 2.11 bits per heavy atom. The molecule has 1 aliphatic carbocycles. The molecule has 0 saturated heterocycles. The fourth-order valence-electron chi connectivity index (χ4n) is 2.59. The Morgan fingerprint density at radius 1 is 1.33 bits per heavy atom. The Kier molecular flexibility index (Phi) is 3.04. The van der Waals surface area contributed by atoms with Crippen molar-refractivity contribution in [3.8, 4) is 10.7 Å². The summed E-state index contributed by atoms with van der Waals surface area (Å²) in [4.78, 5) is 21.5. The van der Waals surface area contributed by atoms with Crippen LogP contribution < -0.4 is 5.56 Å². The lowest BCUT2D eigenvalue weighted by Crippen LogP contribution is -2.11. The lowest BCUT2D eigenvalue weighted by atomic mass is 10.0. The minimum Gasteiger partial charge on any atom is -0.306 e. The van der Waals surface area contributed by atoms with Crippen LogP contribution in [0.2, 0.25) is 0 Å². The maximum atomic E-state index is 11.8. The van der Waals surface area contributed by atoms with Crippen LogP contribution >= 0.6 is 11.3 Å². The number of aromatic amines is 1. The molecule has 0 aliphatic heterocycles. The van der Waals surface area contributed by atoms with Crippen LogP contribution in [0, 0.1) is 6.92 Å². The van der Waals surface area contributed by atoms with Crippen molar-refractivity contribution in [2.24, 2.45) is 0 Å². The largest absolute Gasteiger partial charge is 0.306 e. The van der Waals surface area contributed by atoms with E-state index in [0.29, 0.717) is 5.92 Å². The summed E-state index contributed by atoms with van der Waals surface area (Å²) in [5.41, 5.74) is 0.935. The molecule has 2 aromatic rings. The second kappa shape index (κ2) is 4.69. The Bertz CT molecular complexity index is 608. The summed E-state index contributed by atoms with van der Waals surface area (Å²) in [5, 5.41) is 0. The van der Waals surface area contributed by atoms with Crippen molar-refractivity contribution in [1.29, 1.82) is 0 Å². The predicted molar refractivity (Wildman–Crippen MR) is 74.1 cm³/mol. The molecule has 0 bridgehead atoms. The van der Waals surface area contributed by atoms with Gasteiger partial charge in [0, 0.05) is 16.9 Å². The summed E-state index contributed by atoms with van der Waals surface area (Å²) in [5.74, 6) is 1.20. The SMILES string of the molecule is Cc1ccc(-c2nc(C3CCCC3)cc(=O)[nH]2)s1. The zero-order valence-electron chi connectivity index (χ0n) is 10.4. The quantitative estimate of drug-likeness (QED) is 0.898. The Balaban J connectivity index is 2.02. The molecular formula is C14H16N2OS. The number of nitrogens with zero attached hydrogens (tertiary/aromatic N) is 1. The van der Waals surface area contributed by atoms with E-state index in [1.807, 2.05) is 6.07 Å². The first-order chi connectivity index (χ1) is 8.72. The Hall–Kier alpha value is -1.42. The van der Waals surface area contributed by atoms with Gasteiger partial charge in [0.05, 0.1) is 10.6 Å². The van der Waals surface area contributed by atoms with E-state index in [9.17, 15) is 4.79 Å². The lowest BCUT2D eigenvalue weighted by Gasteiger charge is -2.08. The van der Waals surface area contributed by atoms with Crippen LogP contribution in [-0.4, -0.2) is 9.97 Å². The zero-order valence-corrected chi connectivity index (χ0v) is 11.2. The van der Waals surface area contributed by atoms with Gasteiger partial charge in [-0.3, -0.25) is 4.79 Å². The molecule has 0 aromatic carbocycles. The maximum absolute atomic E-state index is 11.8. The molecule has 3 rings (SSSR count). The molecule has 1 fully saturated rings. The van der Waals surface area contributed by atoms with E-state index < -0.39 is 0 Å². The van der Waals surface area contributed by atoms with Crippen molar-refractivity contribution in [1.82, 2.24) is 9.97 Å². The van der Waals surface area contributed by atoms with Crippen molar-refractivity contribution in [3.05, 3.63) is 39.1 Å². The van der Waals surface area contributed by atoms with E-state index in [1.165, 1.54) is 30.6 Å². The first kappa shape index (κ1) is 11.7. The van der Waals surface area contributed by atoms with Crippen LogP contribution in [0.4, 0.5) is 0 Å². The number of hydrogen-bond acceptors (Lipinski definition) is 3. The van der Waals surface area contributed by atoms with E-state index >= 15 is 0 Å². The van der Waals surface area contributed by atoms with Gasteiger partial charge in [0.2, 0.25) is 0 Å². The van der Waals surface area contributed by atoms with Gasteiger partial charge in [-0.05, 0) is 31.9 Å². The van der Waals surface area contributed by atoms with Gasteiger partial charge in [0.1, 0.15) is 0 Å². The van der Waals surface area contributed by atoms with Crippen LogP contribution in [0.15, 0.2) is 23.0 Å². The van der Waals surface area contributed by atoms with Gasteiger partial charge in [-0.2, -0.15) is 0 Å². The molecule has 0 atom stereocenters. The molecule has 0 spiro atoms. The summed E-state index contributed by atoms with van der Waals surface area (Å²) in [6.45, 7) is 2.06. The molecule has 0 amide bonds. The second-order valence-electron chi connectivity index (χ2n) is 4.91. The Labute approximate surface area is 110 Å². The topological polar surface area (TPSA) is 45.8 Å². The molecule has 2 aromatic heterocycles. The number of thiophene rings is 1. The number of H-pyrrole nitrogens is 1. The molecule has 3 nitrogen and oxygen atoms in total. The first-order valence-electron chi connectivity index (χ1n) is 6.40. The molecule has 1 aliphatic rings. The molecule has 2 heterocycles. The summed E-state index contributed by atoms with van der Waals surface area (Å²) < 4.78 is 0. The van der Waals surface area contributed by atoms with Crippen LogP contribution in [0.1, 0.15) is 42.2 Å². The highest BCUT2D eigenvalue weighted by Crippen LogP contribution is 2.33. The minimum atomic E-state index is -0.0343. The monoisotopic (exact) mass is 260 g/mol. The molecule has 0 unspecified atom stereocenters. The van der Waals surface area contributed by atoms with Gasteiger partial charge >= 0.3 is 0 Å². The number of hydrogen-bond donors (Lipinski definition) is 1. The molecular weight excluding hydrogens is 244 g/mol. The van der Waals surface area contributed by atoms with Gasteiger partial charge in [-0.25, -0.2) is 4.98 Å². The number of nitrogens with one attached hydrogen (secondary N) is 1. The summed E-state index contributed by atoms with van der Waals surface area (Å²) >= 11 is 1.67. The van der Waals surface area contributed by atoms with Crippen LogP contribution in [0.3, 0.4) is 0 Å². The highest BCUT2D eigenvalue weighted by atomic mass is 32.1. The van der Waals surface area contributed by atoms with E-state index in [2.05, 4.69) is 23.0 Å². The normalized spacial score (nSPS) is 16.3. The van der Waals surface area contributed by atoms with Crippen molar-refractivity contribution in [2.75, 3.05) is 0 Å². The standard InChI is InChI=1S/C14H16N2OS/c1-9-6-7-12(18-9)14-15-11(8-13(17)16-14)10-4-2-3-5-10/h6-8,10H,2-5H2,1H3,(H,15,16,17). The fourth-order valence-corrected chi connectivity index (χ4v) is 3.40. The lowest BCUT2D eigenvalue weighted by molar-refractivity contribution is 0.693. The zero-order chi connectivity index (χ0) is 12.5. The van der Waals surface area contributed by atoms with E-state index in [0.717, 1.165) is 16.4 Å². The van der Waals surface area contributed by atoms with Crippen LogP contribution in [-0.2, 0) is 0 Å². The molecule has 94 valence electrons. The van der Waals surface area contributed by atoms with E-state index in [-0.39, 0.29) is 5.56 Å². The van der Waals surface area contributed by atoms with Gasteiger partial charge in [0.15, 0.2) is 5.82 Å². The molecule has 1 N–H and O–H groups in total. The van der Waals surface area contributed by atoms with Crippen molar-refractivity contribution in [2.45, 2.75) is 38.5 Å². The maximum Gasteiger partial charge on any atom is 0.251 e. The molecule has 0 radical (unpaired) electrons. The van der Waals surface area contributed by atoms with E-state index in [1.54, 1.807) is 17.4 Å². The van der Waals surface area contributed by atoms with Gasteiger partial charge < -0.3 is 4.98 Å². The second-order valence-corrected chi connectivity index (χ2v) is 6.20. The third kappa shape index (κ3) is 2.25. The molecule has 18 heavy (non-hydrogen) atoms. The number of aromatic nitrogens is 2. The fraction of sp³-hybridized carbons (Fsp3) is 0.429. The summed E-state index contributed by atoms with van der Waals surface area (Å²) in [6, 6.07) is 5.75. The minimum absolute atomic E-state index is 0.0343. The van der Waals surface area contributed by atoms with Gasteiger partial charge in [-0.1, -0.05) is 12.8 Å². The van der Waals surface area contributed by atoms with E-state index in [4.69, 9.17) is 0 Å². The average Bonchev–Trinajstić information content (AvgIpc) is 2.98. The van der Waals surface area contributed by atoms with Gasteiger partial charge in [-0.15, -0.1) is 11.3 Å². The van der Waals surface area contributed by atoms with Crippen molar-refractivity contribution < 1.29 is 0 Å². The average molecular weight is 260 g/mol. The van der Waals surface area contributed by atoms with Crippen molar-refractivity contribution >= 4 is 11.3 Å². The summed E-state index contributed by atoms with van der Waals surface area (Å²) in [6.07, 6.45) is 4.85. The number of aryl methyl sites for hydroxylation is 1. The van der Waals surface area contributed by atoms with Crippen LogP contribution in [0.5, 0.6) is 0 Å². The Morgan fingerprint density at radius 3 is 2.78 bits per heavy atom. The highest BCUT2D eigenvalue weighted by molar-refractivity contribution is 7.15. The third-order valence-corrected chi connectivity index (χ3v) is 4.52. The number of rotatable bonds is 2. The molecule has 4 heteroatoms. The van der Waals surface area contributed by atoms with Gasteiger partial charge in [0.25, 0.3) is 5.56 Å².